The molecular weight excluding hydrogens is 334 g/mol. The number of aryl methyl sites for hydroxylation is 1. The number of hydrogen-bond acceptors (Lipinski definition) is 3. The number of halogens is 1. The highest BCUT2D eigenvalue weighted by molar-refractivity contribution is 9.10. The van der Waals surface area contributed by atoms with Crippen molar-refractivity contribution in [1.82, 2.24) is 14.7 Å². The van der Waals surface area contributed by atoms with Crippen LogP contribution in [0.2, 0.25) is 0 Å². The standard InChI is InChI=1S/C15H18BrN3O2/c1-11-13(16)10-19(17-11)12-6-5-8-18(9-7-12)14(20)21-15(2,3)4/h5-10H,1-4H3. The summed E-state index contributed by atoms with van der Waals surface area (Å²) in [7, 11) is 0. The van der Waals surface area contributed by atoms with Crippen molar-refractivity contribution in [2.75, 3.05) is 0 Å². The van der Waals surface area contributed by atoms with Crippen LogP contribution in [0.5, 0.6) is 0 Å². The fraction of sp³-hybridized carbons (Fsp3) is 0.333. The van der Waals surface area contributed by atoms with Gasteiger partial charge in [-0.1, -0.05) is 0 Å². The number of aromatic nitrogens is 2. The minimum Gasteiger partial charge on any atom is -0.443 e. The van der Waals surface area contributed by atoms with Gasteiger partial charge in [0.1, 0.15) is 5.60 Å². The lowest BCUT2D eigenvalue weighted by molar-refractivity contribution is 0.0400. The smallest absolute Gasteiger partial charge is 0.418 e. The largest absolute Gasteiger partial charge is 0.443 e. The van der Waals surface area contributed by atoms with Gasteiger partial charge in [0, 0.05) is 18.6 Å². The molecule has 0 aromatic carbocycles. The van der Waals surface area contributed by atoms with Crippen molar-refractivity contribution in [3.63, 3.8) is 0 Å². The second-order valence-electron chi connectivity index (χ2n) is 5.64. The number of hydrogen-bond donors (Lipinski definition) is 0. The van der Waals surface area contributed by atoms with Crippen LogP contribution in [-0.4, -0.2) is 26.4 Å². The lowest BCUT2D eigenvalue weighted by Gasteiger charge is -2.22. The van der Waals surface area contributed by atoms with E-state index in [9.17, 15) is 4.79 Å². The topological polar surface area (TPSA) is 47.4 Å². The quantitative estimate of drug-likeness (QED) is 0.765. The molecule has 1 aliphatic rings. The molecule has 0 saturated heterocycles. The van der Waals surface area contributed by atoms with Crippen LogP contribution in [0.3, 0.4) is 0 Å². The van der Waals surface area contributed by atoms with E-state index >= 15 is 0 Å². The van der Waals surface area contributed by atoms with Crippen LogP contribution < -0.4 is 0 Å². The van der Waals surface area contributed by atoms with E-state index in [1.165, 1.54) is 4.90 Å². The van der Waals surface area contributed by atoms with Gasteiger partial charge in [0.15, 0.2) is 0 Å². The Kier molecular flexibility index (Phi) is 4.37. The maximum Gasteiger partial charge on any atom is 0.418 e. The summed E-state index contributed by atoms with van der Waals surface area (Å²) in [5.74, 6) is 0. The Morgan fingerprint density at radius 1 is 1.33 bits per heavy atom. The first kappa shape index (κ1) is 15.6. The predicted molar refractivity (Wildman–Crippen MR) is 85.3 cm³/mol. The van der Waals surface area contributed by atoms with E-state index in [1.807, 2.05) is 46.0 Å². The van der Waals surface area contributed by atoms with Crippen LogP contribution in [0.4, 0.5) is 4.79 Å². The van der Waals surface area contributed by atoms with Gasteiger partial charge in [-0.2, -0.15) is 5.10 Å². The highest BCUT2D eigenvalue weighted by Gasteiger charge is 2.20. The summed E-state index contributed by atoms with van der Waals surface area (Å²) in [4.78, 5) is 13.4. The maximum atomic E-state index is 12.0. The van der Waals surface area contributed by atoms with Gasteiger partial charge >= 0.3 is 6.09 Å². The average Bonchev–Trinajstić information content (AvgIpc) is 2.60. The number of ether oxygens (including phenoxy) is 1. The van der Waals surface area contributed by atoms with Crippen LogP contribution in [0.25, 0.3) is 5.70 Å². The number of carbonyl (C=O) groups excluding carboxylic acids is 1. The zero-order valence-electron chi connectivity index (χ0n) is 12.5. The molecule has 1 aromatic rings. The van der Waals surface area contributed by atoms with Crippen molar-refractivity contribution < 1.29 is 9.53 Å². The molecule has 6 heteroatoms. The summed E-state index contributed by atoms with van der Waals surface area (Å²) in [5, 5.41) is 4.39. The third-order valence-corrected chi connectivity index (χ3v) is 3.41. The maximum absolute atomic E-state index is 12.0. The summed E-state index contributed by atoms with van der Waals surface area (Å²) < 4.78 is 8.02. The minimum atomic E-state index is -0.523. The Balaban J connectivity index is 2.15. The zero-order valence-corrected chi connectivity index (χ0v) is 14.1. The molecule has 0 atom stereocenters. The van der Waals surface area contributed by atoms with Crippen LogP contribution in [-0.2, 0) is 4.74 Å². The van der Waals surface area contributed by atoms with E-state index in [2.05, 4.69) is 21.0 Å². The van der Waals surface area contributed by atoms with E-state index in [-0.39, 0.29) is 0 Å². The molecule has 5 nitrogen and oxygen atoms in total. The molecule has 21 heavy (non-hydrogen) atoms. The molecule has 0 spiro atoms. The molecule has 0 radical (unpaired) electrons. The minimum absolute atomic E-state index is 0.414. The molecule has 2 rings (SSSR count). The zero-order chi connectivity index (χ0) is 15.6. The molecule has 0 aliphatic carbocycles. The normalized spacial score (nSPS) is 14.9. The van der Waals surface area contributed by atoms with Gasteiger partial charge in [-0.25, -0.2) is 9.48 Å². The van der Waals surface area contributed by atoms with Crippen molar-refractivity contribution in [3.05, 3.63) is 47.0 Å². The molecule has 1 aliphatic heterocycles. The highest BCUT2D eigenvalue weighted by atomic mass is 79.9. The van der Waals surface area contributed by atoms with E-state index in [1.54, 1.807) is 23.2 Å². The van der Waals surface area contributed by atoms with Crippen LogP contribution in [0.15, 0.2) is 41.3 Å². The monoisotopic (exact) mass is 351 g/mol. The average molecular weight is 352 g/mol. The van der Waals surface area contributed by atoms with E-state index < -0.39 is 11.7 Å². The van der Waals surface area contributed by atoms with Gasteiger partial charge in [-0.3, -0.25) is 4.90 Å². The highest BCUT2D eigenvalue weighted by Crippen LogP contribution is 2.19. The Morgan fingerprint density at radius 2 is 2.05 bits per heavy atom. The Labute approximate surface area is 132 Å². The Bertz CT molecular complexity index is 616. The number of nitrogens with zero attached hydrogens (tertiary/aromatic N) is 3. The second kappa shape index (κ2) is 5.89. The Morgan fingerprint density at radius 3 is 2.62 bits per heavy atom. The molecule has 1 aromatic heterocycles. The number of carbonyl (C=O) groups is 1. The molecule has 2 heterocycles. The third kappa shape index (κ3) is 4.07. The third-order valence-electron chi connectivity index (χ3n) is 2.63. The molecule has 0 bridgehead atoms. The summed E-state index contributed by atoms with van der Waals surface area (Å²) in [5.41, 5.74) is 1.23. The first-order valence-electron chi connectivity index (χ1n) is 6.56. The summed E-state index contributed by atoms with van der Waals surface area (Å²) >= 11 is 3.43. The molecule has 0 unspecified atom stereocenters. The van der Waals surface area contributed by atoms with Gasteiger partial charge in [-0.15, -0.1) is 0 Å². The summed E-state index contributed by atoms with van der Waals surface area (Å²) in [6.07, 6.45) is 10.2. The number of allylic oxidation sites excluding steroid dienone is 4. The van der Waals surface area contributed by atoms with Crippen molar-refractivity contribution in [3.8, 4) is 0 Å². The fourth-order valence-corrected chi connectivity index (χ4v) is 1.93. The van der Waals surface area contributed by atoms with Crippen LogP contribution in [0, 0.1) is 6.92 Å². The van der Waals surface area contributed by atoms with Crippen molar-refractivity contribution >= 4 is 27.7 Å². The molecule has 112 valence electrons. The lowest BCUT2D eigenvalue weighted by Crippen LogP contribution is -2.30. The van der Waals surface area contributed by atoms with Gasteiger partial charge in [-0.05, 0) is 61.9 Å². The predicted octanol–water partition coefficient (Wildman–Crippen LogP) is 4.07. The lowest BCUT2D eigenvalue weighted by atomic mass is 10.2. The molecule has 1 amide bonds. The van der Waals surface area contributed by atoms with E-state index in [0.29, 0.717) is 0 Å². The van der Waals surface area contributed by atoms with Gasteiger partial charge in [0.2, 0.25) is 0 Å². The molecule has 0 fully saturated rings. The van der Waals surface area contributed by atoms with Crippen molar-refractivity contribution in [2.45, 2.75) is 33.3 Å². The number of amides is 1. The SMILES string of the molecule is Cc1nn(C2=CC=CN(C(=O)OC(C)(C)C)C=C2)cc1Br. The van der Waals surface area contributed by atoms with Crippen molar-refractivity contribution in [2.24, 2.45) is 0 Å². The molecule has 0 N–H and O–H groups in total. The number of rotatable bonds is 1. The van der Waals surface area contributed by atoms with Crippen molar-refractivity contribution in [1.29, 1.82) is 0 Å². The first-order valence-corrected chi connectivity index (χ1v) is 7.36. The van der Waals surface area contributed by atoms with E-state index in [4.69, 9.17) is 4.74 Å². The first-order chi connectivity index (χ1) is 9.76. The van der Waals surface area contributed by atoms with E-state index in [0.717, 1.165) is 15.9 Å². The molecule has 0 saturated carbocycles. The Hall–Kier alpha value is -1.82. The second-order valence-corrected chi connectivity index (χ2v) is 6.50. The van der Waals surface area contributed by atoms with Crippen LogP contribution >= 0.6 is 15.9 Å². The molecular formula is C15H18BrN3O2. The van der Waals surface area contributed by atoms with Crippen LogP contribution in [0.1, 0.15) is 26.5 Å². The van der Waals surface area contributed by atoms with Gasteiger partial charge < -0.3 is 4.74 Å². The summed E-state index contributed by atoms with van der Waals surface area (Å²) in [6, 6.07) is 0. The summed E-state index contributed by atoms with van der Waals surface area (Å²) in [6.45, 7) is 7.43. The van der Waals surface area contributed by atoms with Gasteiger partial charge in [0.05, 0.1) is 15.9 Å². The van der Waals surface area contributed by atoms with Gasteiger partial charge in [0.25, 0.3) is 0 Å². The fourth-order valence-electron chi connectivity index (χ4n) is 1.66.